The van der Waals surface area contributed by atoms with Gasteiger partial charge in [-0.3, -0.25) is 0 Å². The molecule has 6 N–H and O–H groups in total. The van der Waals surface area contributed by atoms with Gasteiger partial charge in [-0.2, -0.15) is 0 Å². The molecular weight excluding hydrogens is 443 g/mol. The molecule has 0 aliphatic carbocycles. The van der Waals surface area contributed by atoms with Crippen molar-refractivity contribution in [2.75, 3.05) is 13.7 Å². The molecule has 0 aromatic heterocycles. The molecule has 0 aliphatic rings. The fraction of sp³-hybridized carbons (Fsp3) is 0.320. The van der Waals surface area contributed by atoms with E-state index < -0.39 is 17.4 Å². The molecule has 0 heterocycles. The summed E-state index contributed by atoms with van der Waals surface area (Å²) in [7, 11) is 1.62. The van der Waals surface area contributed by atoms with Crippen molar-refractivity contribution in [3.63, 3.8) is 0 Å². The molecule has 0 aliphatic heterocycles. The van der Waals surface area contributed by atoms with Crippen LogP contribution >= 0.6 is 11.6 Å². The molecule has 1 unspecified atom stereocenters. The van der Waals surface area contributed by atoms with Crippen molar-refractivity contribution in [1.82, 2.24) is 10.6 Å². The zero-order valence-electron chi connectivity index (χ0n) is 19.2. The number of rotatable bonds is 12. The number of hydrogen-bond donors (Lipinski definition) is 5. The average molecular weight is 475 g/mol. The Morgan fingerprint density at radius 1 is 1.24 bits per heavy atom. The van der Waals surface area contributed by atoms with Crippen LogP contribution in [0.1, 0.15) is 43.1 Å². The van der Waals surface area contributed by atoms with Gasteiger partial charge in [-0.15, -0.1) is 11.6 Å². The lowest BCUT2D eigenvalue weighted by Crippen LogP contribution is -2.26. The summed E-state index contributed by atoms with van der Waals surface area (Å²) in [5.74, 6) is 0.339. The van der Waals surface area contributed by atoms with Crippen LogP contribution in [-0.2, 0) is 6.54 Å². The molecule has 0 amide bonds. The Morgan fingerprint density at radius 3 is 2.52 bits per heavy atom. The molecule has 0 bridgehead atoms. The van der Waals surface area contributed by atoms with Gasteiger partial charge in [0.15, 0.2) is 0 Å². The lowest BCUT2D eigenvalue weighted by molar-refractivity contribution is 0.198. The van der Waals surface area contributed by atoms with E-state index in [1.165, 1.54) is 12.1 Å². The summed E-state index contributed by atoms with van der Waals surface area (Å²) in [4.78, 5) is 0. The van der Waals surface area contributed by atoms with Crippen LogP contribution in [-0.4, -0.2) is 30.0 Å². The number of ether oxygens (including phenoxy) is 1. The highest BCUT2D eigenvalue weighted by Crippen LogP contribution is 2.25. The van der Waals surface area contributed by atoms with Crippen molar-refractivity contribution in [2.45, 2.75) is 38.4 Å². The first-order chi connectivity index (χ1) is 15.7. The molecule has 0 radical (unpaired) electrons. The zero-order chi connectivity index (χ0) is 24.4. The summed E-state index contributed by atoms with van der Waals surface area (Å²) in [6.07, 6.45) is 3.08. The summed E-state index contributed by atoms with van der Waals surface area (Å²) >= 11 is 6.02. The third kappa shape index (κ3) is 8.53. The zero-order valence-corrected chi connectivity index (χ0v) is 19.9. The standard InChI is InChI=1S/C25H32ClFN4O2/c1-4-19(28)12-20(30-14-17-5-8-21(33-3)9-6-17)15-31-24(13-25(26)29)22-10-7-18(27)11-23(22)16(2)32/h5-13,16,25,28,30-32H,4,14-15,29H2,1-3H3/b20-12-,24-13-,28-19?/t16-,25?/m1/s1. The highest BCUT2D eigenvalue weighted by molar-refractivity contribution is 6.21. The molecule has 8 heteroatoms. The van der Waals surface area contributed by atoms with Gasteiger partial charge in [-0.25, -0.2) is 4.39 Å². The van der Waals surface area contributed by atoms with Crippen molar-refractivity contribution >= 4 is 23.0 Å². The van der Waals surface area contributed by atoms with Gasteiger partial charge in [0.2, 0.25) is 0 Å². The number of hydrogen-bond acceptors (Lipinski definition) is 6. The van der Waals surface area contributed by atoms with Gasteiger partial charge in [0, 0.05) is 29.2 Å². The Morgan fingerprint density at radius 2 is 1.94 bits per heavy atom. The van der Waals surface area contributed by atoms with Crippen LogP contribution in [0.4, 0.5) is 4.39 Å². The van der Waals surface area contributed by atoms with Crippen molar-refractivity contribution in [3.05, 3.63) is 82.8 Å². The maximum Gasteiger partial charge on any atom is 0.123 e. The van der Waals surface area contributed by atoms with E-state index in [4.69, 9.17) is 27.5 Å². The lowest BCUT2D eigenvalue weighted by atomic mass is 9.99. The van der Waals surface area contributed by atoms with Gasteiger partial charge in [-0.05, 0) is 67.0 Å². The molecule has 0 saturated carbocycles. The topological polar surface area (TPSA) is 103 Å². The second-order valence-electron chi connectivity index (χ2n) is 7.54. The first-order valence-electron chi connectivity index (χ1n) is 10.7. The van der Waals surface area contributed by atoms with E-state index in [-0.39, 0.29) is 0 Å². The van der Waals surface area contributed by atoms with Gasteiger partial charge in [0.05, 0.1) is 19.8 Å². The van der Waals surface area contributed by atoms with Gasteiger partial charge in [0.25, 0.3) is 0 Å². The van der Waals surface area contributed by atoms with E-state index in [0.29, 0.717) is 42.0 Å². The molecular formula is C25H32ClFN4O2. The number of nitrogens with two attached hydrogens (primary N) is 1. The summed E-state index contributed by atoms with van der Waals surface area (Å²) in [5.41, 5.74) is 8.90. The molecule has 2 aromatic rings. The maximum atomic E-state index is 13.8. The summed E-state index contributed by atoms with van der Waals surface area (Å²) in [6.45, 7) is 4.38. The number of aliphatic hydroxyl groups excluding tert-OH is 1. The molecule has 2 rings (SSSR count). The molecule has 0 saturated heterocycles. The number of aliphatic hydroxyl groups is 1. The van der Waals surface area contributed by atoms with Crippen LogP contribution in [0, 0.1) is 11.2 Å². The smallest absolute Gasteiger partial charge is 0.123 e. The van der Waals surface area contributed by atoms with Gasteiger partial charge >= 0.3 is 0 Å². The van der Waals surface area contributed by atoms with Crippen LogP contribution in [0.5, 0.6) is 5.75 Å². The highest BCUT2D eigenvalue weighted by atomic mass is 35.5. The third-order valence-corrected chi connectivity index (χ3v) is 5.08. The predicted molar refractivity (Wildman–Crippen MR) is 133 cm³/mol. The van der Waals surface area contributed by atoms with Gasteiger partial charge < -0.3 is 31.6 Å². The van der Waals surface area contributed by atoms with E-state index >= 15 is 0 Å². The third-order valence-electron chi connectivity index (χ3n) is 4.96. The summed E-state index contributed by atoms with van der Waals surface area (Å²) in [5, 5.41) is 24.9. The van der Waals surface area contributed by atoms with Crippen LogP contribution in [0.3, 0.4) is 0 Å². The highest BCUT2D eigenvalue weighted by Gasteiger charge is 2.14. The van der Waals surface area contributed by atoms with E-state index in [1.54, 1.807) is 32.3 Å². The van der Waals surface area contributed by atoms with E-state index in [0.717, 1.165) is 17.0 Å². The number of nitrogens with one attached hydrogen (secondary N) is 3. The molecule has 33 heavy (non-hydrogen) atoms. The first kappa shape index (κ1) is 26.4. The number of alkyl halides is 1. The largest absolute Gasteiger partial charge is 0.497 e. The molecule has 2 atom stereocenters. The first-order valence-corrected chi connectivity index (χ1v) is 11.1. The molecule has 0 spiro atoms. The van der Waals surface area contributed by atoms with Crippen LogP contribution in [0.25, 0.3) is 5.70 Å². The second-order valence-corrected chi connectivity index (χ2v) is 8.04. The quantitative estimate of drug-likeness (QED) is 0.178. The van der Waals surface area contributed by atoms with Gasteiger partial charge in [-0.1, -0.05) is 19.1 Å². The average Bonchev–Trinajstić information content (AvgIpc) is 2.79. The fourth-order valence-electron chi connectivity index (χ4n) is 3.15. The summed E-state index contributed by atoms with van der Waals surface area (Å²) in [6, 6.07) is 11.9. The van der Waals surface area contributed by atoms with Crippen LogP contribution in [0.15, 0.2) is 60.3 Å². The Hall–Kier alpha value is -2.87. The van der Waals surface area contributed by atoms with E-state index in [9.17, 15) is 9.50 Å². The van der Waals surface area contributed by atoms with Crippen molar-refractivity contribution in [2.24, 2.45) is 5.73 Å². The minimum Gasteiger partial charge on any atom is -0.497 e. The maximum absolute atomic E-state index is 13.8. The minimum absolute atomic E-state index is 0.338. The van der Waals surface area contributed by atoms with Crippen molar-refractivity contribution in [3.8, 4) is 5.75 Å². The van der Waals surface area contributed by atoms with E-state index in [2.05, 4.69) is 10.6 Å². The second kappa shape index (κ2) is 13.0. The Balaban J connectivity index is 2.24. The monoisotopic (exact) mass is 474 g/mol. The Bertz CT molecular complexity index is 988. The van der Waals surface area contributed by atoms with Crippen LogP contribution in [0.2, 0.25) is 0 Å². The minimum atomic E-state index is -0.885. The van der Waals surface area contributed by atoms with Crippen molar-refractivity contribution in [1.29, 1.82) is 5.41 Å². The van der Waals surface area contributed by atoms with E-state index in [1.807, 2.05) is 31.2 Å². The molecule has 0 fully saturated rings. The molecule has 6 nitrogen and oxygen atoms in total. The molecule has 178 valence electrons. The molecule has 2 aromatic carbocycles. The number of methoxy groups -OCH3 is 1. The Kier molecular flexibility index (Phi) is 10.4. The van der Waals surface area contributed by atoms with Crippen LogP contribution < -0.4 is 21.1 Å². The van der Waals surface area contributed by atoms with Gasteiger partial charge in [0.1, 0.15) is 17.1 Å². The normalized spacial score (nSPS) is 13.9. The number of allylic oxidation sites excluding steroid dienone is 1. The fourth-order valence-corrected chi connectivity index (χ4v) is 3.28. The Labute approximate surface area is 199 Å². The SMILES string of the molecule is CCC(=N)/C=C(/CN/C(=C\C(N)Cl)c1ccc(F)cc1[C@@H](C)O)NCc1ccc(OC)cc1. The number of halogens is 2. The number of benzene rings is 2. The predicted octanol–water partition coefficient (Wildman–Crippen LogP) is 4.45. The van der Waals surface area contributed by atoms with Crippen molar-refractivity contribution < 1.29 is 14.2 Å². The summed E-state index contributed by atoms with van der Waals surface area (Å²) < 4.78 is 19.0. The lowest BCUT2D eigenvalue weighted by Gasteiger charge is -2.20.